The average Bonchev–Trinajstić information content (AvgIpc) is 3.14. The smallest absolute Gasteiger partial charge is 0.335 e. The Morgan fingerprint density at radius 2 is 1.31 bits per heavy atom. The molecule has 0 saturated carbocycles. The first kappa shape index (κ1) is 43.9. The lowest BCUT2D eigenvalue weighted by atomic mass is 9.99. The summed E-state index contributed by atoms with van der Waals surface area (Å²) in [5.74, 6) is -17.0. The maximum absolute atomic E-state index is 13.6. The van der Waals surface area contributed by atoms with Gasteiger partial charge in [-0.3, -0.25) is 14.4 Å². The zero-order chi connectivity index (χ0) is 39.9. The van der Waals surface area contributed by atoms with Gasteiger partial charge in [-0.15, -0.1) is 0 Å². The lowest BCUT2D eigenvalue weighted by Gasteiger charge is -2.38. The Balaban J connectivity index is 1.26. The van der Waals surface area contributed by atoms with E-state index in [0.29, 0.717) is 6.42 Å². The summed E-state index contributed by atoms with van der Waals surface area (Å²) in [5.41, 5.74) is 0.932. The first-order chi connectivity index (χ1) is 25.7. The van der Waals surface area contributed by atoms with Crippen LogP contribution >= 0.6 is 0 Å². The third kappa shape index (κ3) is 12.5. The van der Waals surface area contributed by atoms with Gasteiger partial charge in [-0.25, -0.2) is 18.0 Å². The van der Waals surface area contributed by atoms with Crippen LogP contribution in [0.1, 0.15) is 31.7 Å². The Kier molecular flexibility index (Phi) is 17.4. The number of carboxylic acid groups (broad SMARTS) is 1. The molecule has 54 heavy (non-hydrogen) atoms. The number of hydrogen-bond acceptors (Lipinski definition) is 13. The predicted octanol–water partition coefficient (Wildman–Crippen LogP) is 1.10. The van der Waals surface area contributed by atoms with Gasteiger partial charge in [0.1, 0.15) is 24.1 Å². The number of carboxylic acids is 1. The van der Waals surface area contributed by atoms with E-state index in [1.165, 1.54) is 6.07 Å². The molecule has 2 aromatic rings. The second kappa shape index (κ2) is 21.4. The number of amides is 2. The number of hydrogen-bond donors (Lipinski definition) is 6. The van der Waals surface area contributed by atoms with Crippen LogP contribution in [0.2, 0.25) is 0 Å². The molecule has 0 radical (unpaired) electrons. The molecule has 6 N–H and O–H groups in total. The van der Waals surface area contributed by atoms with Gasteiger partial charge in [0.15, 0.2) is 6.10 Å². The van der Waals surface area contributed by atoms with Crippen molar-refractivity contribution in [2.24, 2.45) is 0 Å². The van der Waals surface area contributed by atoms with Crippen LogP contribution in [-0.4, -0.2) is 121 Å². The molecule has 0 aromatic heterocycles. The van der Waals surface area contributed by atoms with E-state index in [2.05, 4.69) is 15.4 Å². The molecular formula is C33H39F5N2O14. The number of halogens is 5. The summed E-state index contributed by atoms with van der Waals surface area (Å²) < 4.78 is 97.2. The molecule has 3 rings (SSSR count). The van der Waals surface area contributed by atoms with Gasteiger partial charge in [-0.2, -0.15) is 8.78 Å². The van der Waals surface area contributed by atoms with Crippen molar-refractivity contribution in [3.8, 4) is 11.5 Å². The third-order valence-corrected chi connectivity index (χ3v) is 7.51. The standard InChI is InChI=1S/C33H39F5N2O14/c1-2-16-3-4-18(52-33-29(46)27(44)28(45)31(54-33)32(47)48)17(15-16)40-20(42)5-8-39-19(41)6-9-49-11-13-51-14-12-50-10-7-21(43)53-30-25(37)23(35)22(34)24(36)26(30)38/h3-4,15,27-29,31,33,44-46H,2,5-14H2,1H3,(H,39,41)(H,40,42)(H,47,48)/t27-,28-,29+,31-,33+/m0/s1. The zero-order valence-electron chi connectivity index (χ0n) is 28.7. The number of nitrogens with one attached hydrogen (secondary N) is 2. The van der Waals surface area contributed by atoms with Gasteiger partial charge in [-0.1, -0.05) is 13.0 Å². The van der Waals surface area contributed by atoms with E-state index in [-0.39, 0.29) is 70.5 Å². The Labute approximate surface area is 304 Å². The molecule has 0 aliphatic carbocycles. The quantitative estimate of drug-likeness (QED) is 0.0260. The minimum atomic E-state index is -2.39. The van der Waals surface area contributed by atoms with Gasteiger partial charge in [-0.05, 0) is 24.1 Å². The molecule has 1 fully saturated rings. The lowest BCUT2D eigenvalue weighted by Crippen LogP contribution is -2.61. The number of benzene rings is 2. The second-order valence-electron chi connectivity index (χ2n) is 11.4. The van der Waals surface area contributed by atoms with Crippen LogP contribution in [0.25, 0.3) is 0 Å². The van der Waals surface area contributed by atoms with Gasteiger partial charge in [0, 0.05) is 19.4 Å². The highest BCUT2D eigenvalue weighted by molar-refractivity contribution is 5.92. The van der Waals surface area contributed by atoms with Crippen molar-refractivity contribution in [2.75, 3.05) is 51.5 Å². The fraction of sp³-hybridized carbons (Fsp3) is 0.515. The summed E-state index contributed by atoms with van der Waals surface area (Å²) in [4.78, 5) is 47.9. The van der Waals surface area contributed by atoms with E-state index in [9.17, 15) is 61.6 Å². The highest BCUT2D eigenvalue weighted by Crippen LogP contribution is 2.32. The topological polar surface area (TPSA) is 229 Å². The SMILES string of the molecule is CCc1ccc(O[C@@H]2O[C@H](C(=O)O)[C@@H](O)[C@H](O)[C@H]2O)c(NC(=O)CCNC(=O)CCOCCOCCOCCC(=O)Oc2c(F)c(F)c(F)c(F)c2F)c1. The Morgan fingerprint density at radius 1 is 0.741 bits per heavy atom. The first-order valence-electron chi connectivity index (χ1n) is 16.4. The van der Waals surface area contributed by atoms with Gasteiger partial charge in [0.2, 0.25) is 52.9 Å². The van der Waals surface area contributed by atoms with E-state index in [4.69, 9.17) is 23.7 Å². The van der Waals surface area contributed by atoms with Crippen molar-refractivity contribution in [2.45, 2.75) is 63.3 Å². The summed E-state index contributed by atoms with van der Waals surface area (Å²) in [5, 5.41) is 44.7. The van der Waals surface area contributed by atoms with Crippen LogP contribution in [0, 0.1) is 29.1 Å². The number of aryl methyl sites for hydroxylation is 1. The summed E-state index contributed by atoms with van der Waals surface area (Å²) >= 11 is 0. The number of aliphatic hydroxyl groups excluding tert-OH is 3. The minimum absolute atomic E-state index is 0.0198. The number of anilines is 1. The van der Waals surface area contributed by atoms with E-state index < -0.39 is 95.7 Å². The van der Waals surface area contributed by atoms with Crippen molar-refractivity contribution >= 4 is 29.4 Å². The fourth-order valence-electron chi connectivity index (χ4n) is 4.59. The molecule has 0 bridgehead atoms. The molecule has 0 unspecified atom stereocenters. The van der Waals surface area contributed by atoms with Crippen molar-refractivity contribution in [3.05, 3.63) is 52.8 Å². The Bertz CT molecular complexity index is 1590. The van der Waals surface area contributed by atoms with Gasteiger partial charge in [0.05, 0.1) is 51.7 Å². The lowest BCUT2D eigenvalue weighted by molar-refractivity contribution is -0.271. The monoisotopic (exact) mass is 782 g/mol. The summed E-state index contributed by atoms with van der Waals surface area (Å²) in [6.07, 6.45) is -9.37. The van der Waals surface area contributed by atoms with Gasteiger partial charge < -0.3 is 59.5 Å². The molecule has 21 heteroatoms. The zero-order valence-corrected chi connectivity index (χ0v) is 28.7. The van der Waals surface area contributed by atoms with E-state index >= 15 is 0 Å². The number of aliphatic carboxylic acids is 1. The maximum atomic E-state index is 13.6. The molecule has 1 aliphatic heterocycles. The van der Waals surface area contributed by atoms with E-state index in [1.54, 1.807) is 12.1 Å². The van der Waals surface area contributed by atoms with Crippen molar-refractivity contribution in [1.29, 1.82) is 0 Å². The van der Waals surface area contributed by atoms with Gasteiger partial charge in [0.25, 0.3) is 0 Å². The summed E-state index contributed by atoms with van der Waals surface area (Å²) in [6.45, 7) is 1.77. The molecular weight excluding hydrogens is 743 g/mol. The molecule has 5 atom stereocenters. The molecule has 1 saturated heterocycles. The van der Waals surface area contributed by atoms with Crippen LogP contribution < -0.4 is 20.1 Å². The molecule has 2 amide bonds. The van der Waals surface area contributed by atoms with Crippen molar-refractivity contribution in [1.82, 2.24) is 5.32 Å². The highest BCUT2D eigenvalue weighted by Gasteiger charge is 2.48. The Hall–Kier alpha value is -4.51. The van der Waals surface area contributed by atoms with Crippen molar-refractivity contribution in [3.63, 3.8) is 0 Å². The maximum Gasteiger partial charge on any atom is 0.335 e. The molecule has 1 heterocycles. The number of aliphatic hydroxyl groups is 3. The molecule has 2 aromatic carbocycles. The predicted molar refractivity (Wildman–Crippen MR) is 171 cm³/mol. The largest absolute Gasteiger partial charge is 0.479 e. The summed E-state index contributed by atoms with van der Waals surface area (Å²) in [6, 6.07) is 4.68. The van der Waals surface area contributed by atoms with E-state index in [1.807, 2.05) is 6.92 Å². The van der Waals surface area contributed by atoms with Crippen LogP contribution in [0.3, 0.4) is 0 Å². The minimum Gasteiger partial charge on any atom is -0.479 e. The van der Waals surface area contributed by atoms with Crippen LogP contribution in [0.4, 0.5) is 27.6 Å². The normalized spacial score (nSPS) is 19.6. The fourth-order valence-corrected chi connectivity index (χ4v) is 4.59. The molecule has 1 aliphatic rings. The summed E-state index contributed by atoms with van der Waals surface area (Å²) in [7, 11) is 0. The number of ether oxygens (including phenoxy) is 6. The molecule has 300 valence electrons. The Morgan fingerprint density at radius 3 is 1.91 bits per heavy atom. The third-order valence-electron chi connectivity index (χ3n) is 7.51. The number of carbonyl (C=O) groups excluding carboxylic acids is 3. The van der Waals surface area contributed by atoms with E-state index in [0.717, 1.165) is 5.56 Å². The number of esters is 1. The second-order valence-corrected chi connectivity index (χ2v) is 11.4. The number of rotatable bonds is 21. The molecule has 0 spiro atoms. The number of carbonyl (C=O) groups is 4. The highest BCUT2D eigenvalue weighted by atomic mass is 19.2. The average molecular weight is 783 g/mol. The van der Waals surface area contributed by atoms with Crippen molar-refractivity contribution < 1.29 is 90.0 Å². The van der Waals surface area contributed by atoms with Crippen LogP contribution in [-0.2, 0) is 44.5 Å². The van der Waals surface area contributed by atoms with Crippen LogP contribution in [0.15, 0.2) is 18.2 Å². The van der Waals surface area contributed by atoms with Gasteiger partial charge >= 0.3 is 11.9 Å². The first-order valence-corrected chi connectivity index (χ1v) is 16.4. The molecule has 16 nitrogen and oxygen atoms in total. The van der Waals surface area contributed by atoms with Crippen LogP contribution in [0.5, 0.6) is 11.5 Å².